The zero-order valence-electron chi connectivity index (χ0n) is 19.6. The Labute approximate surface area is 200 Å². The van der Waals surface area contributed by atoms with E-state index in [1.54, 1.807) is 11.0 Å². The third kappa shape index (κ3) is 4.41. The number of hydrogen-bond acceptors (Lipinski definition) is 6. The molecule has 0 bridgehead atoms. The van der Waals surface area contributed by atoms with Crippen LogP contribution in [0, 0.1) is 22.7 Å². The maximum Gasteiger partial charge on any atom is 0.255 e. The van der Waals surface area contributed by atoms with E-state index in [4.69, 9.17) is 4.74 Å². The molecule has 1 aromatic rings. The Morgan fingerprint density at radius 3 is 2.76 bits per heavy atom. The predicted octanol–water partition coefficient (Wildman–Crippen LogP) is 2.67. The van der Waals surface area contributed by atoms with Gasteiger partial charge in [0.15, 0.2) is 0 Å². The molecule has 0 aromatic heterocycles. The fraction of sp³-hybridized carbons (Fsp3) is 0.615. The molecule has 2 N–H and O–H groups in total. The van der Waals surface area contributed by atoms with Crippen molar-refractivity contribution in [2.24, 2.45) is 11.3 Å². The number of amides is 3. The van der Waals surface area contributed by atoms with Crippen molar-refractivity contribution in [1.29, 1.82) is 5.26 Å². The zero-order valence-corrected chi connectivity index (χ0v) is 19.6. The van der Waals surface area contributed by atoms with Crippen molar-refractivity contribution in [3.05, 3.63) is 29.3 Å². The van der Waals surface area contributed by atoms with Crippen LogP contribution in [0.4, 0.5) is 0 Å². The van der Waals surface area contributed by atoms with Gasteiger partial charge in [0.1, 0.15) is 17.9 Å². The van der Waals surface area contributed by atoms with Crippen LogP contribution < -0.4 is 15.4 Å². The van der Waals surface area contributed by atoms with Crippen LogP contribution in [0.25, 0.3) is 0 Å². The van der Waals surface area contributed by atoms with Crippen molar-refractivity contribution in [3.63, 3.8) is 0 Å². The summed E-state index contributed by atoms with van der Waals surface area (Å²) in [6, 6.07) is 7.66. The highest BCUT2D eigenvalue weighted by atomic mass is 16.5. The van der Waals surface area contributed by atoms with Crippen LogP contribution in [0.3, 0.4) is 0 Å². The number of piperidine rings is 1. The standard InChI is InChI=1S/C26H32N4O4/c1-26(15-27)11-16(12-26)13-28-20-4-2-3-5-22(20)34-18-6-7-19-17(10-18)14-30(25(19)33)21-8-9-23(31)29-24(21)32/h6-7,10,16,20-22,28H,2-5,8-9,11-14H2,1H3,(H,29,31,32)/t16?,20-,21?,22-,26?/m1/s1. The molecule has 1 unspecified atom stereocenters. The number of fused-ring (bicyclic) bond motifs is 1. The maximum absolute atomic E-state index is 12.9. The second-order valence-corrected chi connectivity index (χ2v) is 10.6. The Hall–Kier alpha value is -2.92. The topological polar surface area (TPSA) is 112 Å². The van der Waals surface area contributed by atoms with Crippen LogP contribution in [0.15, 0.2) is 18.2 Å². The Balaban J connectivity index is 1.21. The van der Waals surface area contributed by atoms with E-state index in [-0.39, 0.29) is 35.8 Å². The number of rotatable bonds is 6. The number of ether oxygens (including phenoxy) is 1. The lowest BCUT2D eigenvalue weighted by Gasteiger charge is -2.41. The van der Waals surface area contributed by atoms with E-state index in [2.05, 4.69) is 16.7 Å². The SMILES string of the molecule is CC1(C#N)CC(CN[C@@H]2CCCC[C@H]2Oc2ccc3c(c2)CN(C2CCC(=O)NC2=O)C3=O)C1. The smallest absolute Gasteiger partial charge is 0.255 e. The molecule has 180 valence electrons. The van der Waals surface area contributed by atoms with Gasteiger partial charge in [-0.1, -0.05) is 6.42 Å². The van der Waals surface area contributed by atoms with Gasteiger partial charge in [0, 0.05) is 24.6 Å². The Morgan fingerprint density at radius 2 is 2.00 bits per heavy atom. The number of carbonyl (C=O) groups excluding carboxylic acids is 3. The van der Waals surface area contributed by atoms with Crippen LogP contribution in [0.1, 0.15) is 74.2 Å². The molecule has 3 fully saturated rings. The fourth-order valence-corrected chi connectivity index (χ4v) is 6.04. The third-order valence-electron chi connectivity index (χ3n) is 7.90. The van der Waals surface area contributed by atoms with E-state index in [0.717, 1.165) is 50.0 Å². The second kappa shape index (κ2) is 9.03. The van der Waals surface area contributed by atoms with Gasteiger partial charge in [-0.05, 0) is 81.7 Å². The van der Waals surface area contributed by atoms with Crippen molar-refractivity contribution in [2.75, 3.05) is 6.54 Å². The van der Waals surface area contributed by atoms with Crippen LogP contribution in [-0.4, -0.2) is 47.4 Å². The molecule has 3 atom stereocenters. The zero-order chi connectivity index (χ0) is 23.9. The number of hydrogen-bond donors (Lipinski definition) is 2. The van der Waals surface area contributed by atoms with Gasteiger partial charge >= 0.3 is 0 Å². The second-order valence-electron chi connectivity index (χ2n) is 10.6. The molecular formula is C26H32N4O4. The van der Waals surface area contributed by atoms with Gasteiger partial charge in [0.25, 0.3) is 5.91 Å². The summed E-state index contributed by atoms with van der Waals surface area (Å²) in [5, 5.41) is 15.3. The molecule has 8 nitrogen and oxygen atoms in total. The van der Waals surface area contributed by atoms with Crippen molar-refractivity contribution in [1.82, 2.24) is 15.5 Å². The summed E-state index contributed by atoms with van der Waals surface area (Å²) in [5.74, 6) is 0.449. The highest BCUT2D eigenvalue weighted by molar-refractivity contribution is 6.05. The van der Waals surface area contributed by atoms with Gasteiger partial charge in [-0.3, -0.25) is 19.7 Å². The maximum atomic E-state index is 12.9. The highest BCUT2D eigenvalue weighted by Crippen LogP contribution is 2.44. The first kappa shape index (κ1) is 22.9. The van der Waals surface area contributed by atoms with Crippen molar-refractivity contribution in [3.8, 4) is 11.8 Å². The number of carbonyl (C=O) groups is 3. The van der Waals surface area contributed by atoms with Gasteiger partial charge in [-0.25, -0.2) is 0 Å². The summed E-state index contributed by atoms with van der Waals surface area (Å²) in [6.07, 6.45) is 6.95. The molecule has 1 aromatic carbocycles. The molecule has 0 radical (unpaired) electrons. The first-order valence-corrected chi connectivity index (χ1v) is 12.4. The fourth-order valence-electron chi connectivity index (χ4n) is 6.04. The highest BCUT2D eigenvalue weighted by Gasteiger charge is 2.41. The average Bonchev–Trinajstić information content (AvgIpc) is 3.12. The van der Waals surface area contributed by atoms with Crippen LogP contribution >= 0.6 is 0 Å². The van der Waals surface area contributed by atoms with E-state index in [9.17, 15) is 19.6 Å². The number of nitriles is 1. The van der Waals surface area contributed by atoms with Crippen molar-refractivity contribution >= 4 is 17.7 Å². The Kier molecular flexibility index (Phi) is 6.07. The molecular weight excluding hydrogens is 432 g/mol. The van der Waals surface area contributed by atoms with E-state index in [1.807, 2.05) is 19.1 Å². The lowest BCUT2D eigenvalue weighted by Crippen LogP contribution is -2.52. The molecule has 3 amide bonds. The van der Waals surface area contributed by atoms with E-state index in [1.165, 1.54) is 6.42 Å². The van der Waals surface area contributed by atoms with Crippen molar-refractivity contribution < 1.29 is 19.1 Å². The minimum atomic E-state index is -0.608. The molecule has 8 heteroatoms. The van der Waals surface area contributed by atoms with Gasteiger partial charge in [0.2, 0.25) is 11.8 Å². The lowest BCUT2D eigenvalue weighted by molar-refractivity contribution is -0.136. The summed E-state index contributed by atoms with van der Waals surface area (Å²) in [5.41, 5.74) is 1.30. The van der Waals surface area contributed by atoms with E-state index >= 15 is 0 Å². The van der Waals surface area contributed by atoms with Crippen LogP contribution in [0.2, 0.25) is 0 Å². The Bertz CT molecular complexity index is 1040. The molecule has 2 aliphatic carbocycles. The predicted molar refractivity (Wildman–Crippen MR) is 124 cm³/mol. The molecule has 4 aliphatic rings. The average molecular weight is 465 g/mol. The minimum Gasteiger partial charge on any atom is -0.489 e. The van der Waals surface area contributed by atoms with Gasteiger partial charge in [0.05, 0.1) is 11.5 Å². The lowest BCUT2D eigenvalue weighted by atomic mass is 9.64. The van der Waals surface area contributed by atoms with Gasteiger partial charge in [-0.15, -0.1) is 0 Å². The Morgan fingerprint density at radius 1 is 1.21 bits per heavy atom. The number of benzene rings is 1. The summed E-state index contributed by atoms with van der Waals surface area (Å²) in [7, 11) is 0. The first-order valence-electron chi connectivity index (χ1n) is 12.4. The summed E-state index contributed by atoms with van der Waals surface area (Å²) in [4.78, 5) is 38.2. The number of nitrogens with zero attached hydrogens (tertiary/aromatic N) is 2. The van der Waals surface area contributed by atoms with Gasteiger partial charge in [-0.2, -0.15) is 5.26 Å². The molecule has 1 saturated heterocycles. The quantitative estimate of drug-likeness (QED) is 0.626. The normalized spacial score (nSPS) is 33.1. The van der Waals surface area contributed by atoms with Crippen LogP contribution in [-0.2, 0) is 16.1 Å². The third-order valence-corrected chi connectivity index (χ3v) is 7.90. The molecule has 2 saturated carbocycles. The van der Waals surface area contributed by atoms with Crippen molar-refractivity contribution in [2.45, 2.75) is 83.0 Å². The monoisotopic (exact) mass is 464 g/mol. The summed E-state index contributed by atoms with van der Waals surface area (Å²) >= 11 is 0. The molecule has 2 heterocycles. The minimum absolute atomic E-state index is 0.0672. The molecule has 0 spiro atoms. The number of nitrogens with one attached hydrogen (secondary N) is 2. The van der Waals surface area contributed by atoms with Crippen LogP contribution in [0.5, 0.6) is 5.75 Å². The van der Waals surface area contributed by atoms with Gasteiger partial charge < -0.3 is 15.0 Å². The molecule has 34 heavy (non-hydrogen) atoms. The largest absolute Gasteiger partial charge is 0.489 e. The molecule has 5 rings (SSSR count). The van der Waals surface area contributed by atoms with E-state index in [0.29, 0.717) is 24.4 Å². The van der Waals surface area contributed by atoms with E-state index < -0.39 is 11.9 Å². The molecule has 2 aliphatic heterocycles. The summed E-state index contributed by atoms with van der Waals surface area (Å²) < 4.78 is 6.42. The number of imide groups is 1. The summed E-state index contributed by atoms with van der Waals surface area (Å²) in [6.45, 7) is 3.31. The first-order chi connectivity index (χ1) is 16.3.